The van der Waals surface area contributed by atoms with Crippen LogP contribution in [-0.4, -0.2) is 49.8 Å². The van der Waals surface area contributed by atoms with Crippen molar-refractivity contribution in [2.45, 2.75) is 32.7 Å². The molecule has 1 aliphatic heterocycles. The summed E-state index contributed by atoms with van der Waals surface area (Å²) in [7, 11) is 0. The van der Waals surface area contributed by atoms with E-state index in [0.29, 0.717) is 6.61 Å². The zero-order valence-electron chi connectivity index (χ0n) is 9.70. The van der Waals surface area contributed by atoms with Gasteiger partial charge in [-0.1, -0.05) is 13.3 Å². The average molecular weight is 215 g/mol. The lowest BCUT2D eigenvalue weighted by Gasteiger charge is -2.32. The number of rotatable bonds is 5. The molecule has 0 radical (unpaired) electrons. The van der Waals surface area contributed by atoms with Crippen molar-refractivity contribution in [3.63, 3.8) is 0 Å². The Hall–Kier alpha value is -0.610. The van der Waals surface area contributed by atoms with Crippen molar-refractivity contribution in [2.24, 2.45) is 0 Å². The fourth-order valence-electron chi connectivity index (χ4n) is 1.85. The van der Waals surface area contributed by atoms with Crippen LogP contribution in [0.25, 0.3) is 0 Å². The van der Waals surface area contributed by atoms with Crippen LogP contribution >= 0.6 is 0 Å². The van der Waals surface area contributed by atoms with E-state index in [9.17, 15) is 4.79 Å². The lowest BCUT2D eigenvalue weighted by molar-refractivity contribution is -0.151. The molecule has 1 rings (SSSR count). The van der Waals surface area contributed by atoms with Crippen molar-refractivity contribution in [3.8, 4) is 0 Å². The number of nitrogens with zero attached hydrogens (tertiary/aromatic N) is 1. The van der Waals surface area contributed by atoms with Crippen molar-refractivity contribution in [2.75, 3.05) is 32.9 Å². The number of morpholine rings is 1. The molecule has 0 amide bonds. The quantitative estimate of drug-likeness (QED) is 0.643. The van der Waals surface area contributed by atoms with E-state index in [1.807, 2.05) is 6.92 Å². The number of ether oxygens (including phenoxy) is 2. The Morgan fingerprint density at radius 2 is 2.07 bits per heavy atom. The van der Waals surface area contributed by atoms with Crippen LogP contribution in [-0.2, 0) is 14.3 Å². The van der Waals surface area contributed by atoms with Crippen LogP contribution in [0, 0.1) is 0 Å². The van der Waals surface area contributed by atoms with Gasteiger partial charge in [0.1, 0.15) is 6.04 Å². The maximum absolute atomic E-state index is 11.7. The molecule has 0 bridgehead atoms. The maximum Gasteiger partial charge on any atom is 0.323 e. The third-order valence-corrected chi connectivity index (χ3v) is 2.61. The molecule has 0 spiro atoms. The van der Waals surface area contributed by atoms with Crippen LogP contribution in [0.3, 0.4) is 0 Å². The first kappa shape index (κ1) is 12.5. The molecule has 0 N–H and O–H groups in total. The molecule has 1 heterocycles. The number of esters is 1. The van der Waals surface area contributed by atoms with Gasteiger partial charge in [0.25, 0.3) is 0 Å². The molecular formula is C11H21NO3. The summed E-state index contributed by atoms with van der Waals surface area (Å²) in [5.74, 6) is -0.0822. The van der Waals surface area contributed by atoms with Gasteiger partial charge >= 0.3 is 5.97 Å². The molecule has 1 atom stereocenters. The third-order valence-electron chi connectivity index (χ3n) is 2.61. The molecule has 88 valence electrons. The van der Waals surface area contributed by atoms with Gasteiger partial charge in [-0.2, -0.15) is 0 Å². The minimum absolute atomic E-state index is 0.0705. The second-order valence-electron chi connectivity index (χ2n) is 3.70. The second-order valence-corrected chi connectivity index (χ2v) is 3.70. The summed E-state index contributed by atoms with van der Waals surface area (Å²) in [6, 6.07) is -0.0705. The van der Waals surface area contributed by atoms with E-state index in [4.69, 9.17) is 9.47 Å². The number of carbonyl (C=O) groups excluding carboxylic acids is 1. The summed E-state index contributed by atoms with van der Waals surface area (Å²) in [4.78, 5) is 13.9. The number of hydrogen-bond acceptors (Lipinski definition) is 4. The summed E-state index contributed by atoms with van der Waals surface area (Å²) >= 11 is 0. The molecule has 15 heavy (non-hydrogen) atoms. The number of hydrogen-bond donors (Lipinski definition) is 0. The minimum atomic E-state index is -0.0822. The molecule has 0 aromatic rings. The predicted molar refractivity (Wildman–Crippen MR) is 57.7 cm³/mol. The van der Waals surface area contributed by atoms with Gasteiger partial charge in [-0.3, -0.25) is 9.69 Å². The molecule has 0 aromatic heterocycles. The molecule has 1 unspecified atom stereocenters. The standard InChI is InChI=1S/C11H21NO3/c1-3-5-10(11(13)15-4-2)12-6-8-14-9-7-12/h10H,3-9H2,1-2H3. The fourth-order valence-corrected chi connectivity index (χ4v) is 1.85. The highest BCUT2D eigenvalue weighted by molar-refractivity contribution is 5.75. The van der Waals surface area contributed by atoms with Crippen LogP contribution < -0.4 is 0 Å². The van der Waals surface area contributed by atoms with E-state index in [2.05, 4.69) is 11.8 Å². The van der Waals surface area contributed by atoms with Crippen molar-refractivity contribution in [1.29, 1.82) is 0 Å². The van der Waals surface area contributed by atoms with Gasteiger partial charge in [0.2, 0.25) is 0 Å². The van der Waals surface area contributed by atoms with Crippen molar-refractivity contribution < 1.29 is 14.3 Å². The van der Waals surface area contributed by atoms with E-state index in [0.717, 1.165) is 39.1 Å². The molecule has 0 aromatic carbocycles. The Balaban J connectivity index is 2.50. The Morgan fingerprint density at radius 1 is 1.40 bits per heavy atom. The van der Waals surface area contributed by atoms with Gasteiger partial charge in [0.15, 0.2) is 0 Å². The van der Waals surface area contributed by atoms with Crippen LogP contribution in [0.4, 0.5) is 0 Å². The molecule has 1 aliphatic rings. The Bertz CT molecular complexity index is 190. The van der Waals surface area contributed by atoms with Crippen LogP contribution in [0.5, 0.6) is 0 Å². The maximum atomic E-state index is 11.7. The van der Waals surface area contributed by atoms with E-state index in [1.165, 1.54) is 0 Å². The summed E-state index contributed by atoms with van der Waals surface area (Å²) < 4.78 is 10.4. The van der Waals surface area contributed by atoms with Gasteiger partial charge in [-0.25, -0.2) is 0 Å². The highest BCUT2D eigenvalue weighted by Crippen LogP contribution is 2.11. The molecule has 0 aliphatic carbocycles. The highest BCUT2D eigenvalue weighted by atomic mass is 16.5. The van der Waals surface area contributed by atoms with E-state index in [1.54, 1.807) is 0 Å². The summed E-state index contributed by atoms with van der Waals surface area (Å²) in [5, 5.41) is 0. The zero-order valence-corrected chi connectivity index (χ0v) is 9.70. The van der Waals surface area contributed by atoms with Crippen LogP contribution in [0.1, 0.15) is 26.7 Å². The molecule has 4 nitrogen and oxygen atoms in total. The van der Waals surface area contributed by atoms with Crippen molar-refractivity contribution in [1.82, 2.24) is 4.90 Å². The Labute approximate surface area is 91.5 Å². The smallest absolute Gasteiger partial charge is 0.323 e. The molecule has 1 fully saturated rings. The van der Waals surface area contributed by atoms with Crippen LogP contribution in [0.15, 0.2) is 0 Å². The van der Waals surface area contributed by atoms with Gasteiger partial charge in [-0.05, 0) is 13.3 Å². The Morgan fingerprint density at radius 3 is 2.60 bits per heavy atom. The fraction of sp³-hybridized carbons (Fsp3) is 0.909. The van der Waals surface area contributed by atoms with Gasteiger partial charge in [0, 0.05) is 13.1 Å². The molecule has 4 heteroatoms. The van der Waals surface area contributed by atoms with E-state index < -0.39 is 0 Å². The minimum Gasteiger partial charge on any atom is -0.465 e. The average Bonchev–Trinajstić information content (AvgIpc) is 2.27. The van der Waals surface area contributed by atoms with Gasteiger partial charge < -0.3 is 9.47 Å². The first-order valence-electron chi connectivity index (χ1n) is 5.78. The largest absolute Gasteiger partial charge is 0.465 e. The number of carbonyl (C=O) groups is 1. The van der Waals surface area contributed by atoms with Crippen molar-refractivity contribution in [3.05, 3.63) is 0 Å². The van der Waals surface area contributed by atoms with Gasteiger partial charge in [-0.15, -0.1) is 0 Å². The SMILES string of the molecule is CCCC(C(=O)OCC)N1CCOCC1. The summed E-state index contributed by atoms with van der Waals surface area (Å²) in [6.45, 7) is 7.52. The summed E-state index contributed by atoms with van der Waals surface area (Å²) in [5.41, 5.74) is 0. The highest BCUT2D eigenvalue weighted by Gasteiger charge is 2.27. The van der Waals surface area contributed by atoms with Gasteiger partial charge in [0.05, 0.1) is 19.8 Å². The topological polar surface area (TPSA) is 38.8 Å². The summed E-state index contributed by atoms with van der Waals surface area (Å²) in [6.07, 6.45) is 1.87. The lowest BCUT2D eigenvalue weighted by Crippen LogP contribution is -2.48. The molecule has 0 saturated carbocycles. The molecular weight excluding hydrogens is 194 g/mol. The lowest BCUT2D eigenvalue weighted by atomic mass is 10.1. The van der Waals surface area contributed by atoms with E-state index >= 15 is 0 Å². The Kier molecular flexibility index (Phi) is 5.65. The zero-order chi connectivity index (χ0) is 11.1. The second kappa shape index (κ2) is 6.80. The monoisotopic (exact) mass is 215 g/mol. The first-order valence-corrected chi connectivity index (χ1v) is 5.78. The van der Waals surface area contributed by atoms with E-state index in [-0.39, 0.29) is 12.0 Å². The molecule has 1 saturated heterocycles. The van der Waals surface area contributed by atoms with Crippen LogP contribution in [0.2, 0.25) is 0 Å². The first-order chi connectivity index (χ1) is 7.29. The van der Waals surface area contributed by atoms with Crippen molar-refractivity contribution >= 4 is 5.97 Å². The third kappa shape index (κ3) is 3.80. The predicted octanol–water partition coefficient (Wildman–Crippen LogP) is 1.05. The normalized spacial score (nSPS) is 19.9.